The van der Waals surface area contributed by atoms with E-state index in [9.17, 15) is 9.90 Å². The third kappa shape index (κ3) is 3.35. The minimum absolute atomic E-state index is 0.0897. The summed E-state index contributed by atoms with van der Waals surface area (Å²) in [5, 5.41) is 18.8. The summed E-state index contributed by atoms with van der Waals surface area (Å²) >= 11 is 0. The molecule has 1 aromatic heterocycles. The van der Waals surface area contributed by atoms with Gasteiger partial charge in [-0.2, -0.15) is 5.10 Å². The molecule has 1 fully saturated rings. The zero-order chi connectivity index (χ0) is 17.9. The predicted octanol–water partition coefficient (Wildman–Crippen LogP) is 3.22. The zero-order valence-electron chi connectivity index (χ0n) is 14.6. The van der Waals surface area contributed by atoms with E-state index in [1.807, 2.05) is 59.5 Å². The lowest BCUT2D eigenvalue weighted by molar-refractivity contribution is -0.131. The molecule has 5 heteroatoms. The maximum Gasteiger partial charge on any atom is 0.228 e. The van der Waals surface area contributed by atoms with Crippen molar-refractivity contribution < 1.29 is 9.90 Å². The summed E-state index contributed by atoms with van der Waals surface area (Å²) in [5.74, 6) is 0.0992. The van der Waals surface area contributed by atoms with E-state index < -0.39 is 6.10 Å². The Labute approximate surface area is 152 Å². The number of fused-ring (bicyclic) bond motifs is 1. The molecule has 2 atom stereocenters. The molecule has 1 saturated heterocycles. The summed E-state index contributed by atoms with van der Waals surface area (Å²) < 4.78 is 0. The van der Waals surface area contributed by atoms with E-state index in [0.717, 1.165) is 41.5 Å². The van der Waals surface area contributed by atoms with Gasteiger partial charge in [0.2, 0.25) is 5.91 Å². The second kappa shape index (κ2) is 7.30. The average Bonchev–Trinajstić information content (AvgIpc) is 3.30. The second-order valence-electron chi connectivity index (χ2n) is 6.94. The molecule has 0 bridgehead atoms. The molecule has 134 valence electrons. The highest BCUT2D eigenvalue weighted by Crippen LogP contribution is 2.28. The number of nitrogens with one attached hydrogen (secondary N) is 1. The number of aliphatic hydroxyl groups is 1. The number of likely N-dealkylation sites (tertiary alicyclic amines) is 1. The standard InChI is InChI=1S/C21H23N3O2/c25-20(15-7-2-1-3-8-15)13-16-9-6-12-24(16)21(26)14-19-17-10-4-5-11-18(17)22-23-19/h1-5,7-8,10-11,16,20,25H,6,9,12-14H2,(H,22,23)/t16-,20-/m1/s1. The lowest BCUT2D eigenvalue weighted by Gasteiger charge is -2.26. The Balaban J connectivity index is 1.45. The van der Waals surface area contributed by atoms with Gasteiger partial charge in [-0.15, -0.1) is 0 Å². The SMILES string of the molecule is O=C(Cc1[nH]nc2ccccc12)N1CCC[C@@H]1C[C@@H](O)c1ccccc1. The van der Waals surface area contributed by atoms with Crippen molar-refractivity contribution in [3.63, 3.8) is 0 Å². The van der Waals surface area contributed by atoms with E-state index in [-0.39, 0.29) is 11.9 Å². The number of para-hydroxylation sites is 1. The van der Waals surface area contributed by atoms with E-state index in [1.165, 1.54) is 0 Å². The molecule has 1 aliphatic heterocycles. The Hall–Kier alpha value is -2.66. The van der Waals surface area contributed by atoms with Crippen LogP contribution < -0.4 is 0 Å². The minimum atomic E-state index is -0.539. The topological polar surface area (TPSA) is 69.2 Å². The molecule has 0 radical (unpaired) electrons. The molecule has 5 nitrogen and oxygen atoms in total. The first-order chi connectivity index (χ1) is 12.7. The lowest BCUT2D eigenvalue weighted by atomic mass is 10.0. The van der Waals surface area contributed by atoms with Gasteiger partial charge < -0.3 is 10.0 Å². The van der Waals surface area contributed by atoms with Gasteiger partial charge in [0.05, 0.1) is 23.7 Å². The molecule has 3 aromatic rings. The van der Waals surface area contributed by atoms with Crippen LogP contribution in [0.1, 0.15) is 36.6 Å². The van der Waals surface area contributed by atoms with Crippen molar-refractivity contribution in [3.8, 4) is 0 Å². The number of carbonyl (C=O) groups is 1. The summed E-state index contributed by atoms with van der Waals surface area (Å²) in [7, 11) is 0. The number of H-pyrrole nitrogens is 1. The van der Waals surface area contributed by atoms with E-state index in [1.54, 1.807) is 0 Å². The summed E-state index contributed by atoms with van der Waals surface area (Å²) in [6, 6.07) is 17.6. The van der Waals surface area contributed by atoms with Gasteiger partial charge in [-0.25, -0.2) is 0 Å². The zero-order valence-corrected chi connectivity index (χ0v) is 14.6. The van der Waals surface area contributed by atoms with Crippen molar-refractivity contribution in [1.82, 2.24) is 15.1 Å². The van der Waals surface area contributed by atoms with E-state index in [2.05, 4.69) is 10.2 Å². The molecule has 0 spiro atoms. The molecule has 1 aliphatic rings. The third-order valence-corrected chi connectivity index (χ3v) is 5.25. The molecule has 1 amide bonds. The Morgan fingerprint density at radius 1 is 1.19 bits per heavy atom. The van der Waals surface area contributed by atoms with Gasteiger partial charge in [-0.3, -0.25) is 9.89 Å². The van der Waals surface area contributed by atoms with E-state index in [4.69, 9.17) is 0 Å². The Morgan fingerprint density at radius 2 is 1.96 bits per heavy atom. The fraction of sp³-hybridized carbons (Fsp3) is 0.333. The maximum absolute atomic E-state index is 12.9. The number of hydrogen-bond acceptors (Lipinski definition) is 3. The fourth-order valence-corrected chi connectivity index (χ4v) is 3.88. The molecular formula is C21H23N3O2. The van der Waals surface area contributed by atoms with Crippen LogP contribution in [-0.2, 0) is 11.2 Å². The normalized spacial score (nSPS) is 18.3. The number of carbonyl (C=O) groups excluding carboxylic acids is 1. The highest BCUT2D eigenvalue weighted by molar-refractivity contribution is 5.87. The van der Waals surface area contributed by atoms with Crippen LogP contribution in [0.5, 0.6) is 0 Å². The highest BCUT2D eigenvalue weighted by Gasteiger charge is 2.31. The number of aromatic amines is 1. The van der Waals surface area contributed by atoms with Crippen LogP contribution in [0.3, 0.4) is 0 Å². The van der Waals surface area contributed by atoms with Crippen molar-refractivity contribution in [2.45, 2.75) is 37.8 Å². The highest BCUT2D eigenvalue weighted by atomic mass is 16.3. The van der Waals surface area contributed by atoms with Crippen molar-refractivity contribution >= 4 is 16.8 Å². The number of amides is 1. The summed E-state index contributed by atoms with van der Waals surface area (Å²) in [4.78, 5) is 14.8. The van der Waals surface area contributed by atoms with Crippen molar-refractivity contribution in [3.05, 3.63) is 65.9 Å². The van der Waals surface area contributed by atoms with Gasteiger partial charge in [-0.1, -0.05) is 48.5 Å². The third-order valence-electron chi connectivity index (χ3n) is 5.25. The average molecular weight is 349 g/mol. The molecule has 0 saturated carbocycles. The van der Waals surface area contributed by atoms with Crippen molar-refractivity contribution in [2.75, 3.05) is 6.54 Å². The molecule has 0 unspecified atom stereocenters. The summed E-state index contributed by atoms with van der Waals surface area (Å²) in [6.45, 7) is 0.761. The minimum Gasteiger partial charge on any atom is -0.388 e. The van der Waals surface area contributed by atoms with Gasteiger partial charge in [0.25, 0.3) is 0 Å². The first kappa shape index (κ1) is 16.8. The van der Waals surface area contributed by atoms with Gasteiger partial charge in [0, 0.05) is 18.0 Å². The monoisotopic (exact) mass is 349 g/mol. The number of aromatic nitrogens is 2. The Bertz CT molecular complexity index is 890. The fourth-order valence-electron chi connectivity index (χ4n) is 3.88. The summed E-state index contributed by atoms with van der Waals surface area (Å²) in [6.07, 6.45) is 2.29. The van der Waals surface area contributed by atoms with Crippen LogP contribution in [0.4, 0.5) is 0 Å². The van der Waals surface area contributed by atoms with Crippen LogP contribution in [0.15, 0.2) is 54.6 Å². The molecule has 4 rings (SSSR count). The van der Waals surface area contributed by atoms with Gasteiger partial charge in [-0.05, 0) is 30.9 Å². The second-order valence-corrected chi connectivity index (χ2v) is 6.94. The van der Waals surface area contributed by atoms with E-state index >= 15 is 0 Å². The molecule has 2 N–H and O–H groups in total. The smallest absolute Gasteiger partial charge is 0.228 e. The summed E-state index contributed by atoms with van der Waals surface area (Å²) in [5.41, 5.74) is 2.65. The van der Waals surface area contributed by atoms with Crippen LogP contribution in [0, 0.1) is 0 Å². The van der Waals surface area contributed by atoms with Crippen LogP contribution in [-0.4, -0.2) is 38.7 Å². The maximum atomic E-state index is 12.9. The number of nitrogens with zero attached hydrogens (tertiary/aromatic N) is 2. The predicted molar refractivity (Wildman–Crippen MR) is 101 cm³/mol. The molecule has 2 aromatic carbocycles. The largest absolute Gasteiger partial charge is 0.388 e. The Kier molecular flexibility index (Phi) is 4.71. The molecule has 26 heavy (non-hydrogen) atoms. The van der Waals surface area contributed by atoms with Crippen LogP contribution in [0.2, 0.25) is 0 Å². The van der Waals surface area contributed by atoms with Gasteiger partial charge >= 0.3 is 0 Å². The molecule has 0 aliphatic carbocycles. The number of aliphatic hydroxyl groups excluding tert-OH is 1. The van der Waals surface area contributed by atoms with E-state index in [0.29, 0.717) is 12.8 Å². The first-order valence-corrected chi connectivity index (χ1v) is 9.17. The van der Waals surface area contributed by atoms with Gasteiger partial charge in [0.1, 0.15) is 0 Å². The number of rotatable bonds is 5. The quantitative estimate of drug-likeness (QED) is 0.743. The van der Waals surface area contributed by atoms with Gasteiger partial charge in [0.15, 0.2) is 0 Å². The van der Waals surface area contributed by atoms with Crippen LogP contribution in [0.25, 0.3) is 10.9 Å². The van der Waals surface area contributed by atoms with Crippen LogP contribution >= 0.6 is 0 Å². The number of benzene rings is 2. The lowest BCUT2D eigenvalue weighted by Crippen LogP contribution is -2.37. The first-order valence-electron chi connectivity index (χ1n) is 9.17. The number of hydrogen-bond donors (Lipinski definition) is 2. The molecular weight excluding hydrogens is 326 g/mol. The van der Waals surface area contributed by atoms with Crippen molar-refractivity contribution in [2.24, 2.45) is 0 Å². The van der Waals surface area contributed by atoms with Crippen molar-refractivity contribution in [1.29, 1.82) is 0 Å². The molecule has 2 heterocycles. The Morgan fingerprint density at radius 3 is 2.81 bits per heavy atom.